The van der Waals surface area contributed by atoms with Crippen LogP contribution in [0.15, 0.2) is 67.5 Å². The van der Waals surface area contributed by atoms with Crippen molar-refractivity contribution in [2.75, 3.05) is 7.11 Å². The van der Waals surface area contributed by atoms with Crippen molar-refractivity contribution >= 4 is 5.91 Å². The van der Waals surface area contributed by atoms with Crippen LogP contribution >= 0.6 is 0 Å². The number of imidazole rings is 1. The molecule has 0 atom stereocenters. The Morgan fingerprint density at radius 1 is 1.26 bits per heavy atom. The van der Waals surface area contributed by atoms with E-state index < -0.39 is 0 Å². The Morgan fingerprint density at radius 3 is 2.67 bits per heavy atom. The van der Waals surface area contributed by atoms with Gasteiger partial charge < -0.3 is 14.6 Å². The molecular weight excluding hydrogens is 338 g/mol. The number of ether oxygens (including phenoxy) is 1. The fourth-order valence-electron chi connectivity index (χ4n) is 2.94. The summed E-state index contributed by atoms with van der Waals surface area (Å²) in [7, 11) is 1.62. The van der Waals surface area contributed by atoms with Crippen molar-refractivity contribution < 1.29 is 9.53 Å². The molecule has 3 aromatic rings. The van der Waals surface area contributed by atoms with Crippen molar-refractivity contribution in [3.63, 3.8) is 0 Å². The topological polar surface area (TPSA) is 56.2 Å². The van der Waals surface area contributed by atoms with Gasteiger partial charge in [0, 0.05) is 30.2 Å². The first-order chi connectivity index (χ1) is 13.1. The molecule has 1 amide bonds. The molecule has 0 saturated carbocycles. The van der Waals surface area contributed by atoms with Crippen LogP contribution in [0, 0.1) is 6.92 Å². The van der Waals surface area contributed by atoms with E-state index in [0.29, 0.717) is 18.5 Å². The second-order valence-corrected chi connectivity index (χ2v) is 6.21. The maximum atomic E-state index is 12.5. The number of amides is 1. The fraction of sp³-hybridized carbons (Fsp3) is 0.182. The highest BCUT2D eigenvalue weighted by Crippen LogP contribution is 2.21. The van der Waals surface area contributed by atoms with Gasteiger partial charge in [-0.25, -0.2) is 4.98 Å². The minimum Gasteiger partial charge on any atom is -0.496 e. The van der Waals surface area contributed by atoms with Crippen LogP contribution < -0.4 is 10.1 Å². The minimum absolute atomic E-state index is 0.113. The molecule has 0 unspecified atom stereocenters. The molecule has 3 rings (SSSR count). The summed E-state index contributed by atoms with van der Waals surface area (Å²) in [6, 6.07) is 13.5. The zero-order chi connectivity index (χ0) is 19.2. The Morgan fingerprint density at radius 2 is 2.04 bits per heavy atom. The second-order valence-electron chi connectivity index (χ2n) is 6.21. The molecule has 0 fully saturated rings. The lowest BCUT2D eigenvalue weighted by atomic mass is 10.1. The number of rotatable bonds is 7. The predicted octanol–water partition coefficient (Wildman–Crippen LogP) is 3.85. The molecule has 2 aromatic carbocycles. The number of nitrogens with one attached hydrogen (secondary N) is 1. The monoisotopic (exact) mass is 361 g/mol. The minimum atomic E-state index is -0.113. The quantitative estimate of drug-likeness (QED) is 0.651. The number of methoxy groups -OCH3 is 1. The van der Waals surface area contributed by atoms with Gasteiger partial charge in [0.25, 0.3) is 5.91 Å². The predicted molar refractivity (Wildman–Crippen MR) is 106 cm³/mol. The molecule has 138 valence electrons. The first kappa shape index (κ1) is 18.5. The first-order valence-electron chi connectivity index (χ1n) is 8.77. The SMILES string of the molecule is C=CCc1cc(C(=O)NCc2ccc(-n3ccnc3C)cc2)ccc1OC. The molecule has 1 heterocycles. The van der Waals surface area contributed by atoms with Gasteiger partial charge in [0.15, 0.2) is 0 Å². The molecule has 0 bridgehead atoms. The molecule has 5 nitrogen and oxygen atoms in total. The Hall–Kier alpha value is -3.34. The second kappa shape index (κ2) is 8.36. The van der Waals surface area contributed by atoms with Crippen LogP contribution in [0.1, 0.15) is 27.3 Å². The summed E-state index contributed by atoms with van der Waals surface area (Å²) < 4.78 is 7.34. The van der Waals surface area contributed by atoms with Gasteiger partial charge in [0.1, 0.15) is 11.6 Å². The molecule has 1 N–H and O–H groups in total. The van der Waals surface area contributed by atoms with E-state index in [4.69, 9.17) is 4.74 Å². The van der Waals surface area contributed by atoms with Gasteiger partial charge >= 0.3 is 0 Å². The lowest BCUT2D eigenvalue weighted by Gasteiger charge is -2.11. The molecule has 5 heteroatoms. The average molecular weight is 361 g/mol. The number of benzene rings is 2. The number of aromatic nitrogens is 2. The van der Waals surface area contributed by atoms with E-state index in [-0.39, 0.29) is 5.91 Å². The van der Waals surface area contributed by atoms with Crippen LogP contribution in [0.2, 0.25) is 0 Å². The zero-order valence-corrected chi connectivity index (χ0v) is 15.6. The largest absolute Gasteiger partial charge is 0.496 e. The van der Waals surface area contributed by atoms with Crippen LogP contribution in [-0.2, 0) is 13.0 Å². The van der Waals surface area contributed by atoms with Crippen LogP contribution in [0.5, 0.6) is 5.75 Å². The molecule has 0 spiro atoms. The smallest absolute Gasteiger partial charge is 0.251 e. The Labute approximate surface area is 159 Å². The van der Waals surface area contributed by atoms with Crippen molar-refractivity contribution in [3.8, 4) is 11.4 Å². The van der Waals surface area contributed by atoms with Crippen molar-refractivity contribution in [1.82, 2.24) is 14.9 Å². The number of hydrogen-bond donors (Lipinski definition) is 1. The van der Waals surface area contributed by atoms with Crippen molar-refractivity contribution in [3.05, 3.63) is 90.0 Å². The molecule has 27 heavy (non-hydrogen) atoms. The van der Waals surface area contributed by atoms with Crippen molar-refractivity contribution in [2.45, 2.75) is 19.9 Å². The highest BCUT2D eigenvalue weighted by atomic mass is 16.5. The van der Waals surface area contributed by atoms with Gasteiger partial charge in [-0.05, 0) is 54.8 Å². The Kier molecular flexibility index (Phi) is 5.71. The van der Waals surface area contributed by atoms with E-state index in [1.807, 2.05) is 54.1 Å². The van der Waals surface area contributed by atoms with Gasteiger partial charge in [0.2, 0.25) is 0 Å². The Bertz CT molecular complexity index is 942. The van der Waals surface area contributed by atoms with E-state index in [1.54, 1.807) is 25.4 Å². The third-order valence-corrected chi connectivity index (χ3v) is 4.40. The maximum absolute atomic E-state index is 12.5. The zero-order valence-electron chi connectivity index (χ0n) is 15.6. The standard InChI is InChI=1S/C22H23N3O2/c1-4-5-18-14-19(8-11-21(18)27-3)22(26)24-15-17-6-9-20(10-7-17)25-13-12-23-16(25)2/h4,6-14H,1,5,15H2,2-3H3,(H,24,26). The lowest BCUT2D eigenvalue weighted by Crippen LogP contribution is -2.23. The number of aryl methyl sites for hydroxylation is 1. The van der Waals surface area contributed by atoms with Crippen LogP contribution in [0.25, 0.3) is 5.69 Å². The molecule has 0 aliphatic carbocycles. The highest BCUT2D eigenvalue weighted by molar-refractivity contribution is 5.94. The number of nitrogens with zero attached hydrogens (tertiary/aromatic N) is 2. The normalized spacial score (nSPS) is 10.4. The molecule has 0 aliphatic heterocycles. The van der Waals surface area contributed by atoms with Crippen LogP contribution in [-0.4, -0.2) is 22.6 Å². The van der Waals surface area contributed by atoms with E-state index in [2.05, 4.69) is 16.9 Å². The van der Waals surface area contributed by atoms with E-state index >= 15 is 0 Å². The van der Waals surface area contributed by atoms with Crippen LogP contribution in [0.3, 0.4) is 0 Å². The molecule has 0 aliphatic rings. The summed E-state index contributed by atoms with van der Waals surface area (Å²) in [5.74, 6) is 1.58. The van der Waals surface area contributed by atoms with Gasteiger partial charge in [-0.15, -0.1) is 6.58 Å². The van der Waals surface area contributed by atoms with Gasteiger partial charge in [-0.2, -0.15) is 0 Å². The van der Waals surface area contributed by atoms with Crippen molar-refractivity contribution in [2.24, 2.45) is 0 Å². The summed E-state index contributed by atoms with van der Waals surface area (Å²) >= 11 is 0. The summed E-state index contributed by atoms with van der Waals surface area (Å²) in [5, 5.41) is 2.96. The first-order valence-corrected chi connectivity index (χ1v) is 8.77. The number of carbonyl (C=O) groups excluding carboxylic acids is 1. The molecular formula is C22H23N3O2. The average Bonchev–Trinajstić information content (AvgIpc) is 3.12. The number of hydrogen-bond acceptors (Lipinski definition) is 3. The van der Waals surface area contributed by atoms with E-state index in [0.717, 1.165) is 28.4 Å². The van der Waals surface area contributed by atoms with Gasteiger partial charge in [-0.1, -0.05) is 18.2 Å². The van der Waals surface area contributed by atoms with Crippen molar-refractivity contribution in [1.29, 1.82) is 0 Å². The van der Waals surface area contributed by atoms with E-state index in [1.165, 1.54) is 0 Å². The van der Waals surface area contributed by atoms with Gasteiger partial charge in [0.05, 0.1) is 7.11 Å². The van der Waals surface area contributed by atoms with Gasteiger partial charge in [-0.3, -0.25) is 4.79 Å². The number of allylic oxidation sites excluding steroid dienone is 1. The Balaban J connectivity index is 1.66. The van der Waals surface area contributed by atoms with Crippen LogP contribution in [0.4, 0.5) is 0 Å². The lowest BCUT2D eigenvalue weighted by molar-refractivity contribution is 0.0951. The summed E-state index contributed by atoms with van der Waals surface area (Å²) in [6.45, 7) is 6.18. The number of carbonyl (C=O) groups is 1. The third-order valence-electron chi connectivity index (χ3n) is 4.40. The fourth-order valence-corrected chi connectivity index (χ4v) is 2.94. The highest BCUT2D eigenvalue weighted by Gasteiger charge is 2.10. The molecule has 0 saturated heterocycles. The molecule has 1 aromatic heterocycles. The molecule has 0 radical (unpaired) electrons. The third kappa shape index (κ3) is 4.26. The van der Waals surface area contributed by atoms with E-state index in [9.17, 15) is 4.79 Å². The summed E-state index contributed by atoms with van der Waals surface area (Å²) in [5.41, 5.74) is 3.63. The summed E-state index contributed by atoms with van der Waals surface area (Å²) in [6.07, 6.45) is 6.15. The maximum Gasteiger partial charge on any atom is 0.251 e. The summed E-state index contributed by atoms with van der Waals surface area (Å²) in [4.78, 5) is 16.7.